The van der Waals surface area contributed by atoms with Crippen LogP contribution < -0.4 is 60.3 Å². The summed E-state index contributed by atoms with van der Waals surface area (Å²) < 4.78 is 43.2. The van der Waals surface area contributed by atoms with E-state index in [1.807, 2.05) is 70.5 Å². The van der Waals surface area contributed by atoms with Gasteiger partial charge in [0.2, 0.25) is 12.7 Å². The molecule has 0 aliphatic carbocycles. The molecule has 0 spiro atoms. The number of hydrogen-bond donors (Lipinski definition) is 6. The smallest absolute Gasteiger partial charge is 0.231 e. The van der Waals surface area contributed by atoms with E-state index < -0.39 is 0 Å². The van der Waals surface area contributed by atoms with Crippen LogP contribution in [0.25, 0.3) is 16.7 Å². The number of pyridine rings is 2. The number of anilines is 9. The molecule has 3 aromatic heterocycles. The fraction of sp³-hybridized carbons (Fsp3) is 0.415. The topological polar surface area (TPSA) is 198 Å². The summed E-state index contributed by atoms with van der Waals surface area (Å²) in [6.07, 6.45) is 13.5. The molecule has 85 heavy (non-hydrogen) atoms. The summed E-state index contributed by atoms with van der Waals surface area (Å²) in [5, 5.41) is 20.5. The zero-order chi connectivity index (χ0) is 58.1. The molecular formula is C65H79N13O7. The van der Waals surface area contributed by atoms with Crippen LogP contribution in [0.4, 0.5) is 51.8 Å². The van der Waals surface area contributed by atoms with E-state index in [1.165, 1.54) is 16.7 Å². The van der Waals surface area contributed by atoms with Gasteiger partial charge in [0.05, 0.1) is 18.9 Å². The SMILES string of the molecule is CNc1cc(C)nc(Nc2cc3c(c(C4=CCN(Cc5cc(NC)nc(Nc6cc7c(c(C8=CCN(CCOCCc9cc(NC)cc(Nc%10cc%11c(c(C%12=CCN(C)CCC%12)c%10)OCCO%11)n9)CCC8)c6)OCO7)n5)CCC4)c2)OCCO3)c1. The Morgan fingerprint density at radius 2 is 1.05 bits per heavy atom. The Balaban J connectivity index is 0.667. The first-order valence-electron chi connectivity index (χ1n) is 30.0. The lowest BCUT2D eigenvalue weighted by Gasteiger charge is -2.23. The number of hydrogen-bond acceptors (Lipinski definition) is 20. The lowest BCUT2D eigenvalue weighted by atomic mass is 9.98. The summed E-state index contributed by atoms with van der Waals surface area (Å²) in [5.74, 6) is 7.34. The number of ether oxygens (including phenoxy) is 7. The summed E-state index contributed by atoms with van der Waals surface area (Å²) in [6, 6.07) is 22.6. The number of nitrogens with one attached hydrogen (secondary N) is 6. The molecule has 6 aromatic rings. The monoisotopic (exact) mass is 1150 g/mol. The third-order valence-electron chi connectivity index (χ3n) is 16.1. The van der Waals surface area contributed by atoms with Gasteiger partial charge in [-0.05, 0) is 119 Å². The van der Waals surface area contributed by atoms with E-state index in [-0.39, 0.29) is 6.79 Å². The molecule has 20 nitrogen and oxygen atoms in total. The number of likely N-dealkylation sites (N-methyl/N-ethyl adjacent to an activating group) is 1. The summed E-state index contributed by atoms with van der Waals surface area (Å²) in [5.41, 5.74) is 14.3. The summed E-state index contributed by atoms with van der Waals surface area (Å²) in [6.45, 7) is 12.3. The maximum atomic E-state index is 6.29. The molecule has 0 saturated carbocycles. The Kier molecular flexibility index (Phi) is 18.0. The number of aromatic nitrogens is 4. The fourth-order valence-electron chi connectivity index (χ4n) is 11.9. The number of fused-ring (bicyclic) bond motifs is 3. The zero-order valence-electron chi connectivity index (χ0n) is 49.6. The molecule has 20 heteroatoms. The van der Waals surface area contributed by atoms with Gasteiger partial charge in [-0.3, -0.25) is 9.80 Å². The average molecular weight is 1150 g/mol. The first kappa shape index (κ1) is 57.1. The van der Waals surface area contributed by atoms with Crippen molar-refractivity contribution in [3.8, 4) is 34.5 Å². The molecular weight excluding hydrogens is 1070 g/mol. The van der Waals surface area contributed by atoms with Crippen LogP contribution in [0.3, 0.4) is 0 Å². The van der Waals surface area contributed by atoms with Gasteiger partial charge in [-0.15, -0.1) is 0 Å². The molecule has 0 fully saturated rings. The van der Waals surface area contributed by atoms with Crippen molar-refractivity contribution in [1.82, 2.24) is 34.6 Å². The third-order valence-corrected chi connectivity index (χ3v) is 16.1. The Hall–Kier alpha value is -8.30. The Morgan fingerprint density at radius 3 is 1.71 bits per heavy atom. The first-order valence-corrected chi connectivity index (χ1v) is 30.0. The molecule has 6 N–H and O–H groups in total. The number of benzene rings is 3. The van der Waals surface area contributed by atoms with Crippen molar-refractivity contribution >= 4 is 68.6 Å². The summed E-state index contributed by atoms with van der Waals surface area (Å²) in [7, 11) is 7.90. The predicted octanol–water partition coefficient (Wildman–Crippen LogP) is 10.7. The molecule has 6 aliphatic heterocycles. The highest BCUT2D eigenvalue weighted by atomic mass is 16.7. The van der Waals surface area contributed by atoms with Gasteiger partial charge in [0.1, 0.15) is 43.9 Å². The highest BCUT2D eigenvalue weighted by molar-refractivity contribution is 5.81. The van der Waals surface area contributed by atoms with Crippen molar-refractivity contribution in [3.05, 3.63) is 119 Å². The van der Waals surface area contributed by atoms with Crippen molar-refractivity contribution in [1.29, 1.82) is 0 Å². The largest absolute Gasteiger partial charge is 0.486 e. The van der Waals surface area contributed by atoms with Crippen molar-refractivity contribution in [2.75, 3.05) is 152 Å². The molecule has 0 atom stereocenters. The minimum Gasteiger partial charge on any atom is -0.486 e. The summed E-state index contributed by atoms with van der Waals surface area (Å²) in [4.78, 5) is 26.9. The number of aryl methyl sites for hydroxylation is 1. The first-order chi connectivity index (χ1) is 41.7. The van der Waals surface area contributed by atoms with E-state index in [9.17, 15) is 0 Å². The lowest BCUT2D eigenvalue weighted by Crippen LogP contribution is -2.28. The van der Waals surface area contributed by atoms with Gasteiger partial charge in [0.15, 0.2) is 34.5 Å². The third kappa shape index (κ3) is 14.1. The van der Waals surface area contributed by atoms with Crippen molar-refractivity contribution in [2.45, 2.75) is 58.4 Å². The zero-order valence-corrected chi connectivity index (χ0v) is 49.6. The van der Waals surface area contributed by atoms with Crippen LogP contribution >= 0.6 is 0 Å². The van der Waals surface area contributed by atoms with E-state index >= 15 is 0 Å². The minimum atomic E-state index is 0.169. The van der Waals surface area contributed by atoms with E-state index in [0.717, 1.165) is 193 Å². The molecule has 0 bridgehead atoms. The molecule has 446 valence electrons. The van der Waals surface area contributed by atoms with E-state index in [1.54, 1.807) is 0 Å². The van der Waals surface area contributed by atoms with Gasteiger partial charge < -0.3 is 70.0 Å². The van der Waals surface area contributed by atoms with Crippen molar-refractivity contribution in [3.63, 3.8) is 0 Å². The number of rotatable bonds is 20. The Bertz CT molecular complexity index is 3480. The van der Waals surface area contributed by atoms with Crippen LogP contribution in [0.5, 0.6) is 34.5 Å². The Morgan fingerprint density at radius 1 is 0.482 bits per heavy atom. The molecule has 6 aliphatic rings. The summed E-state index contributed by atoms with van der Waals surface area (Å²) >= 11 is 0. The molecule has 0 amide bonds. The average Bonchev–Trinajstić information content (AvgIpc) is 3.97. The van der Waals surface area contributed by atoms with Gasteiger partial charge in [-0.1, -0.05) is 18.2 Å². The fourth-order valence-corrected chi connectivity index (χ4v) is 11.9. The molecule has 3 aromatic carbocycles. The maximum Gasteiger partial charge on any atom is 0.231 e. The predicted molar refractivity (Wildman–Crippen MR) is 337 cm³/mol. The van der Waals surface area contributed by atoms with Crippen LogP contribution in [0, 0.1) is 6.92 Å². The second-order valence-corrected chi connectivity index (χ2v) is 22.3. The number of allylic oxidation sites excluding steroid dienone is 3. The van der Waals surface area contributed by atoms with Gasteiger partial charge in [-0.2, -0.15) is 4.98 Å². The highest BCUT2D eigenvalue weighted by Gasteiger charge is 2.27. The normalized spacial score (nSPS) is 17.1. The van der Waals surface area contributed by atoms with E-state index in [0.29, 0.717) is 64.3 Å². The number of nitrogens with zero attached hydrogens (tertiary/aromatic N) is 7. The minimum absolute atomic E-state index is 0.169. The standard InChI is InChI=1S/C65H79N13O7/c1-42-29-47(66-2)37-60(69-42)71-49-31-54(63-56(34-49)80-26-28-83-63)45-11-8-18-78(21-14-45)40-52-39-59(68-4)75-65(74-52)73-51-33-55(64-58(36-51)84-41-85-64)44-10-7-17-77(20-13-44)22-24-79-23-15-46-30-48(67-3)38-61(70-46)72-50-32-53(43-9-6-16-76(5)19-12-43)62-57(35-50)81-25-27-82-62/h12-14,29-39H,6-11,15-28,40-41H2,1-5H3,(H2,66,69,71)(H2,67,70,72)(H2,68,73,74,75). The maximum absolute atomic E-state index is 6.29. The van der Waals surface area contributed by atoms with Crippen molar-refractivity contribution in [2.24, 2.45) is 0 Å². The molecule has 9 heterocycles. The van der Waals surface area contributed by atoms with Crippen LogP contribution in [-0.2, 0) is 17.7 Å². The lowest BCUT2D eigenvalue weighted by molar-refractivity contribution is 0.109. The highest BCUT2D eigenvalue weighted by Crippen LogP contribution is 2.46. The van der Waals surface area contributed by atoms with Gasteiger partial charge in [-0.25, -0.2) is 15.0 Å². The quantitative estimate of drug-likeness (QED) is 0.0394. The van der Waals surface area contributed by atoms with Crippen LogP contribution in [0.1, 0.15) is 72.3 Å². The Labute approximate surface area is 498 Å². The van der Waals surface area contributed by atoms with Gasteiger partial charge in [0, 0.05) is 153 Å². The van der Waals surface area contributed by atoms with Crippen LogP contribution in [0.2, 0.25) is 0 Å². The van der Waals surface area contributed by atoms with Crippen LogP contribution in [0.15, 0.2) is 85.0 Å². The van der Waals surface area contributed by atoms with Gasteiger partial charge in [0.25, 0.3) is 0 Å². The second-order valence-electron chi connectivity index (χ2n) is 22.3. The molecule has 0 unspecified atom stereocenters. The molecule has 0 saturated heterocycles. The molecule has 12 rings (SSSR count). The molecule has 0 radical (unpaired) electrons. The van der Waals surface area contributed by atoms with Crippen LogP contribution in [-0.4, -0.2) is 155 Å². The second kappa shape index (κ2) is 26.7. The van der Waals surface area contributed by atoms with E-state index in [2.05, 4.69) is 96.1 Å². The van der Waals surface area contributed by atoms with Crippen molar-refractivity contribution < 1.29 is 33.2 Å². The van der Waals surface area contributed by atoms with E-state index in [4.69, 9.17) is 53.1 Å². The van der Waals surface area contributed by atoms with Gasteiger partial charge >= 0.3 is 0 Å².